The topological polar surface area (TPSA) is 131 Å². The Morgan fingerprint density at radius 1 is 1.13 bits per heavy atom. The third-order valence-corrected chi connectivity index (χ3v) is 6.21. The minimum Gasteiger partial charge on any atom is -0.452 e. The van der Waals surface area contributed by atoms with Gasteiger partial charge in [-0.2, -0.15) is 4.31 Å². The number of ether oxygens (including phenoxy) is 2. The van der Waals surface area contributed by atoms with Crippen molar-refractivity contribution >= 4 is 27.9 Å². The van der Waals surface area contributed by atoms with E-state index in [9.17, 15) is 22.8 Å². The number of nitrogens with one attached hydrogen (secondary N) is 2. The number of morpholine rings is 1. The number of imide groups is 1. The van der Waals surface area contributed by atoms with Gasteiger partial charge in [0, 0.05) is 19.6 Å². The van der Waals surface area contributed by atoms with Crippen molar-refractivity contribution in [2.75, 3.05) is 39.5 Å². The number of amides is 3. The largest absolute Gasteiger partial charge is 0.452 e. The van der Waals surface area contributed by atoms with Crippen LogP contribution in [-0.2, 0) is 24.3 Å². The van der Waals surface area contributed by atoms with Crippen LogP contribution in [-0.4, -0.2) is 70.1 Å². The molecule has 1 heterocycles. The van der Waals surface area contributed by atoms with Crippen LogP contribution in [0.3, 0.4) is 0 Å². The highest BCUT2D eigenvalue weighted by Crippen LogP contribution is 2.18. The summed E-state index contributed by atoms with van der Waals surface area (Å²) in [6, 6.07) is 4.58. The molecular weight excluding hydrogens is 414 g/mol. The second-order valence-electron chi connectivity index (χ2n) is 7.10. The van der Waals surface area contributed by atoms with Gasteiger partial charge in [-0.3, -0.25) is 10.1 Å². The molecule has 1 aliphatic rings. The molecule has 1 aliphatic heterocycles. The summed E-state index contributed by atoms with van der Waals surface area (Å²) in [5.41, 5.74) is 0.0881. The van der Waals surface area contributed by atoms with Gasteiger partial charge in [0.05, 0.1) is 23.7 Å². The van der Waals surface area contributed by atoms with Gasteiger partial charge in [0.2, 0.25) is 10.0 Å². The average Bonchev–Trinajstić information content (AvgIpc) is 2.72. The van der Waals surface area contributed by atoms with Gasteiger partial charge in [-0.1, -0.05) is 13.8 Å². The van der Waals surface area contributed by atoms with Crippen molar-refractivity contribution in [3.8, 4) is 0 Å². The highest BCUT2D eigenvalue weighted by molar-refractivity contribution is 7.89. The molecular formula is C19H27N3O7S. The van der Waals surface area contributed by atoms with E-state index >= 15 is 0 Å². The van der Waals surface area contributed by atoms with Crippen molar-refractivity contribution in [3.05, 3.63) is 29.8 Å². The number of hydrogen-bond acceptors (Lipinski definition) is 7. The summed E-state index contributed by atoms with van der Waals surface area (Å²) in [4.78, 5) is 35.4. The fourth-order valence-electron chi connectivity index (χ4n) is 2.59. The first-order chi connectivity index (χ1) is 14.2. The number of esters is 1. The molecule has 0 aliphatic carbocycles. The molecule has 3 amide bonds. The Kier molecular flexibility index (Phi) is 8.75. The normalized spacial score (nSPS) is 14.9. The molecule has 0 atom stereocenters. The second-order valence-corrected chi connectivity index (χ2v) is 9.04. The van der Waals surface area contributed by atoms with E-state index in [1.807, 2.05) is 13.8 Å². The summed E-state index contributed by atoms with van der Waals surface area (Å²) >= 11 is 0. The zero-order chi connectivity index (χ0) is 22.1. The van der Waals surface area contributed by atoms with E-state index in [2.05, 4.69) is 10.6 Å². The van der Waals surface area contributed by atoms with Crippen molar-refractivity contribution in [2.24, 2.45) is 5.92 Å². The van der Waals surface area contributed by atoms with E-state index < -0.39 is 34.5 Å². The summed E-state index contributed by atoms with van der Waals surface area (Å²) in [5, 5.41) is 4.60. The molecule has 0 bridgehead atoms. The summed E-state index contributed by atoms with van der Waals surface area (Å²) in [6.07, 6.45) is 0.772. The van der Waals surface area contributed by atoms with Gasteiger partial charge >= 0.3 is 12.0 Å². The number of carbonyl (C=O) groups excluding carboxylic acids is 3. The van der Waals surface area contributed by atoms with Crippen LogP contribution in [0.5, 0.6) is 0 Å². The maximum atomic E-state index is 12.6. The Bertz CT molecular complexity index is 847. The van der Waals surface area contributed by atoms with E-state index in [0.717, 1.165) is 6.42 Å². The Balaban J connectivity index is 1.83. The lowest BCUT2D eigenvalue weighted by Gasteiger charge is -2.26. The Hall–Kier alpha value is -2.50. The Labute approximate surface area is 176 Å². The van der Waals surface area contributed by atoms with Gasteiger partial charge in [-0.15, -0.1) is 0 Å². The SMILES string of the molecule is CC(C)CCNC(=O)NC(=O)COC(=O)c1ccc(S(=O)(=O)N2CCOCC2)cc1. The highest BCUT2D eigenvalue weighted by Gasteiger charge is 2.26. The van der Waals surface area contributed by atoms with Crippen molar-refractivity contribution < 1.29 is 32.3 Å². The first-order valence-corrected chi connectivity index (χ1v) is 11.1. The van der Waals surface area contributed by atoms with E-state index in [4.69, 9.17) is 9.47 Å². The number of carbonyl (C=O) groups is 3. The van der Waals surface area contributed by atoms with Gasteiger partial charge in [0.15, 0.2) is 6.61 Å². The molecule has 1 saturated heterocycles. The third-order valence-electron chi connectivity index (χ3n) is 4.29. The third kappa shape index (κ3) is 7.08. The van der Waals surface area contributed by atoms with Crippen LogP contribution in [0.4, 0.5) is 4.79 Å². The molecule has 1 aromatic carbocycles. The Morgan fingerprint density at radius 3 is 2.37 bits per heavy atom. The van der Waals surface area contributed by atoms with Crippen LogP contribution in [0.25, 0.3) is 0 Å². The van der Waals surface area contributed by atoms with Crippen molar-refractivity contribution in [3.63, 3.8) is 0 Å². The molecule has 0 spiro atoms. The van der Waals surface area contributed by atoms with Crippen molar-refractivity contribution in [2.45, 2.75) is 25.2 Å². The minimum atomic E-state index is -3.66. The first-order valence-electron chi connectivity index (χ1n) is 9.63. The van der Waals surface area contributed by atoms with Gasteiger partial charge in [-0.25, -0.2) is 18.0 Å². The van der Waals surface area contributed by atoms with Gasteiger partial charge in [-0.05, 0) is 36.6 Å². The van der Waals surface area contributed by atoms with Crippen molar-refractivity contribution in [1.29, 1.82) is 0 Å². The van der Waals surface area contributed by atoms with E-state index in [1.54, 1.807) is 0 Å². The fraction of sp³-hybridized carbons (Fsp3) is 0.526. The molecule has 0 aromatic heterocycles. The van der Waals surface area contributed by atoms with Crippen LogP contribution in [0.2, 0.25) is 0 Å². The number of sulfonamides is 1. The maximum Gasteiger partial charge on any atom is 0.338 e. The number of rotatable bonds is 8. The van der Waals surface area contributed by atoms with Crippen LogP contribution >= 0.6 is 0 Å². The molecule has 0 saturated carbocycles. The molecule has 166 valence electrons. The highest BCUT2D eigenvalue weighted by atomic mass is 32.2. The zero-order valence-electron chi connectivity index (χ0n) is 17.0. The van der Waals surface area contributed by atoms with Crippen LogP contribution in [0, 0.1) is 5.92 Å². The van der Waals surface area contributed by atoms with Crippen LogP contribution in [0.1, 0.15) is 30.6 Å². The lowest BCUT2D eigenvalue weighted by atomic mass is 10.1. The van der Waals surface area contributed by atoms with E-state index in [-0.39, 0.29) is 23.5 Å². The predicted molar refractivity (Wildman–Crippen MR) is 107 cm³/mol. The van der Waals surface area contributed by atoms with Gasteiger partial charge in [0.1, 0.15) is 0 Å². The second kappa shape index (κ2) is 11.0. The summed E-state index contributed by atoms with van der Waals surface area (Å²) in [6.45, 7) is 5.02. The summed E-state index contributed by atoms with van der Waals surface area (Å²) < 4.78 is 36.5. The minimum absolute atomic E-state index is 0.0526. The zero-order valence-corrected chi connectivity index (χ0v) is 17.9. The van der Waals surface area contributed by atoms with E-state index in [1.165, 1.54) is 28.6 Å². The van der Waals surface area contributed by atoms with Gasteiger partial charge in [0.25, 0.3) is 5.91 Å². The molecule has 1 aromatic rings. The summed E-state index contributed by atoms with van der Waals surface area (Å²) in [5.74, 6) is -1.16. The summed E-state index contributed by atoms with van der Waals surface area (Å²) in [7, 11) is -3.66. The molecule has 10 nitrogen and oxygen atoms in total. The fourth-order valence-corrected chi connectivity index (χ4v) is 4.00. The molecule has 2 N–H and O–H groups in total. The molecule has 11 heteroatoms. The monoisotopic (exact) mass is 441 g/mol. The predicted octanol–water partition coefficient (Wildman–Crippen LogP) is 0.736. The molecule has 0 unspecified atom stereocenters. The standard InChI is InChI=1S/C19H27N3O7S/c1-14(2)7-8-20-19(25)21-17(23)13-29-18(24)15-3-5-16(6-4-15)30(26,27)22-9-11-28-12-10-22/h3-6,14H,7-13H2,1-2H3,(H2,20,21,23,25). The average molecular weight is 442 g/mol. The number of nitrogens with zero attached hydrogens (tertiary/aromatic N) is 1. The van der Waals surface area contributed by atoms with Crippen LogP contribution < -0.4 is 10.6 Å². The lowest BCUT2D eigenvalue weighted by molar-refractivity contribution is -0.123. The molecule has 2 rings (SSSR count). The van der Waals surface area contributed by atoms with Crippen LogP contribution in [0.15, 0.2) is 29.2 Å². The quantitative estimate of drug-likeness (QED) is 0.569. The number of urea groups is 1. The smallest absolute Gasteiger partial charge is 0.338 e. The Morgan fingerprint density at radius 2 is 1.77 bits per heavy atom. The van der Waals surface area contributed by atoms with Gasteiger partial charge < -0.3 is 14.8 Å². The van der Waals surface area contributed by atoms with E-state index in [0.29, 0.717) is 25.7 Å². The van der Waals surface area contributed by atoms with Crippen molar-refractivity contribution in [1.82, 2.24) is 14.9 Å². The molecule has 0 radical (unpaired) electrons. The lowest BCUT2D eigenvalue weighted by Crippen LogP contribution is -2.42. The molecule has 30 heavy (non-hydrogen) atoms. The number of benzene rings is 1. The number of hydrogen-bond donors (Lipinski definition) is 2. The molecule has 1 fully saturated rings. The first kappa shape index (κ1) is 23.8. The maximum absolute atomic E-state index is 12.6.